The average Bonchev–Trinajstić information content (AvgIpc) is 3.23. The number of pyridine rings is 1. The molecule has 1 aliphatic heterocycles. The van der Waals surface area contributed by atoms with Crippen LogP contribution >= 0.6 is 0 Å². The van der Waals surface area contributed by atoms with Crippen LogP contribution in [0, 0.1) is 0 Å². The van der Waals surface area contributed by atoms with Crippen LogP contribution in [0.2, 0.25) is 0 Å². The van der Waals surface area contributed by atoms with Crippen molar-refractivity contribution in [3.63, 3.8) is 0 Å². The van der Waals surface area contributed by atoms with Crippen LogP contribution < -0.4 is 0 Å². The van der Waals surface area contributed by atoms with E-state index in [-0.39, 0.29) is 12.5 Å². The second kappa shape index (κ2) is 9.35. The number of piperidine rings is 1. The van der Waals surface area contributed by atoms with Crippen LogP contribution in [0.3, 0.4) is 0 Å². The second-order valence-electron chi connectivity index (χ2n) is 7.33. The molecule has 0 bridgehead atoms. The molecule has 3 aromatic rings. The monoisotopic (exact) mass is 404 g/mol. The van der Waals surface area contributed by atoms with Crippen molar-refractivity contribution in [3.8, 4) is 11.3 Å². The minimum absolute atomic E-state index is 0.150. The second-order valence-corrected chi connectivity index (χ2v) is 7.33. The van der Waals surface area contributed by atoms with Crippen molar-refractivity contribution in [2.75, 3.05) is 19.7 Å². The van der Waals surface area contributed by atoms with Crippen molar-refractivity contribution in [2.45, 2.75) is 25.8 Å². The normalized spacial score (nSPS) is 13.8. The number of benzene rings is 1. The van der Waals surface area contributed by atoms with Crippen molar-refractivity contribution < 1.29 is 14.3 Å². The molecule has 30 heavy (non-hydrogen) atoms. The molecule has 0 radical (unpaired) electrons. The Bertz CT molecular complexity index is 996. The number of esters is 1. The Kier molecular flexibility index (Phi) is 6.17. The van der Waals surface area contributed by atoms with Crippen LogP contribution in [0.25, 0.3) is 11.3 Å². The number of ether oxygens (including phenoxy) is 1. The number of aromatic nitrogens is 3. The Morgan fingerprint density at radius 2 is 1.80 bits per heavy atom. The Hall–Kier alpha value is -3.48. The van der Waals surface area contributed by atoms with E-state index in [1.54, 1.807) is 34.2 Å². The molecule has 1 fully saturated rings. The lowest BCUT2D eigenvalue weighted by Crippen LogP contribution is -2.38. The van der Waals surface area contributed by atoms with E-state index in [1.165, 1.54) is 0 Å². The number of rotatable bonds is 6. The van der Waals surface area contributed by atoms with Crippen LogP contribution in [0.4, 0.5) is 0 Å². The van der Waals surface area contributed by atoms with Crippen LogP contribution in [-0.4, -0.2) is 51.2 Å². The Morgan fingerprint density at radius 1 is 1.00 bits per heavy atom. The van der Waals surface area contributed by atoms with Gasteiger partial charge in [0.05, 0.1) is 6.54 Å². The van der Waals surface area contributed by atoms with Gasteiger partial charge < -0.3 is 9.64 Å². The van der Waals surface area contributed by atoms with Crippen molar-refractivity contribution in [2.24, 2.45) is 0 Å². The van der Waals surface area contributed by atoms with E-state index in [4.69, 9.17) is 4.74 Å². The summed E-state index contributed by atoms with van der Waals surface area (Å²) in [6.07, 6.45) is 8.13. The van der Waals surface area contributed by atoms with Crippen LogP contribution in [-0.2, 0) is 16.1 Å². The first-order valence-corrected chi connectivity index (χ1v) is 10.2. The van der Waals surface area contributed by atoms with Gasteiger partial charge in [-0.2, -0.15) is 5.10 Å². The highest BCUT2D eigenvalue weighted by molar-refractivity contribution is 5.97. The molecule has 0 spiro atoms. The van der Waals surface area contributed by atoms with E-state index in [0.29, 0.717) is 17.8 Å². The van der Waals surface area contributed by atoms with Gasteiger partial charge in [-0.05, 0) is 37.0 Å². The lowest BCUT2D eigenvalue weighted by Gasteiger charge is -2.26. The van der Waals surface area contributed by atoms with Crippen molar-refractivity contribution in [1.29, 1.82) is 0 Å². The summed E-state index contributed by atoms with van der Waals surface area (Å²) in [6.45, 7) is 1.72. The first kappa shape index (κ1) is 19.8. The smallest absolute Gasteiger partial charge is 0.342 e. The van der Waals surface area contributed by atoms with E-state index < -0.39 is 5.97 Å². The third-order valence-electron chi connectivity index (χ3n) is 5.14. The molecule has 1 saturated heterocycles. The SMILES string of the molecule is O=C(OCC(=O)N1CCCCC1)c1cn(Cc2ccccc2)nc1-c1cccnc1. The highest BCUT2D eigenvalue weighted by Crippen LogP contribution is 2.22. The number of carbonyl (C=O) groups is 2. The standard InChI is InChI=1S/C23H24N4O3/c28-21(26-12-5-2-6-13-26)17-30-23(29)20-16-27(15-18-8-3-1-4-9-18)25-22(20)19-10-7-11-24-14-19/h1,3-4,7-11,14,16H,2,5-6,12-13,15,17H2. The van der Waals surface area contributed by atoms with Crippen molar-refractivity contribution >= 4 is 11.9 Å². The number of nitrogens with zero attached hydrogens (tertiary/aromatic N) is 4. The van der Waals surface area contributed by atoms with Gasteiger partial charge in [-0.1, -0.05) is 30.3 Å². The fourth-order valence-electron chi connectivity index (χ4n) is 3.58. The summed E-state index contributed by atoms with van der Waals surface area (Å²) in [5, 5.41) is 4.59. The van der Waals surface area contributed by atoms with Crippen molar-refractivity contribution in [1.82, 2.24) is 19.7 Å². The summed E-state index contributed by atoms with van der Waals surface area (Å²) in [6, 6.07) is 13.5. The molecule has 0 atom stereocenters. The zero-order chi connectivity index (χ0) is 20.8. The highest BCUT2D eigenvalue weighted by Gasteiger charge is 2.22. The fraction of sp³-hybridized carbons (Fsp3) is 0.304. The molecule has 0 saturated carbocycles. The van der Waals surface area contributed by atoms with E-state index in [0.717, 1.165) is 43.5 Å². The third-order valence-corrected chi connectivity index (χ3v) is 5.14. The molecule has 1 aliphatic rings. The number of likely N-dealkylation sites (tertiary alicyclic amines) is 1. The van der Waals surface area contributed by atoms with Crippen LogP contribution in [0.1, 0.15) is 35.2 Å². The summed E-state index contributed by atoms with van der Waals surface area (Å²) >= 11 is 0. The van der Waals surface area contributed by atoms with Gasteiger partial charge in [0, 0.05) is 37.2 Å². The summed E-state index contributed by atoms with van der Waals surface area (Å²) < 4.78 is 7.07. The first-order chi connectivity index (χ1) is 14.7. The summed E-state index contributed by atoms with van der Waals surface area (Å²) in [5.41, 5.74) is 2.61. The first-order valence-electron chi connectivity index (χ1n) is 10.2. The molecule has 0 unspecified atom stereocenters. The van der Waals surface area contributed by atoms with Gasteiger partial charge in [0.15, 0.2) is 6.61 Å². The largest absolute Gasteiger partial charge is 0.452 e. The highest BCUT2D eigenvalue weighted by atomic mass is 16.5. The quantitative estimate of drug-likeness (QED) is 0.590. The Labute approximate surface area is 175 Å². The zero-order valence-corrected chi connectivity index (χ0v) is 16.7. The molecule has 7 nitrogen and oxygen atoms in total. The molecule has 154 valence electrons. The van der Waals surface area contributed by atoms with E-state index >= 15 is 0 Å². The molecule has 2 aromatic heterocycles. The lowest BCUT2D eigenvalue weighted by atomic mass is 10.1. The van der Waals surface area contributed by atoms with Gasteiger partial charge in [0.2, 0.25) is 0 Å². The molecular weight excluding hydrogens is 380 g/mol. The maximum atomic E-state index is 12.8. The molecule has 0 N–H and O–H groups in total. The fourth-order valence-corrected chi connectivity index (χ4v) is 3.58. The number of carbonyl (C=O) groups excluding carboxylic acids is 2. The number of hydrogen-bond acceptors (Lipinski definition) is 5. The van der Waals surface area contributed by atoms with Crippen LogP contribution in [0.5, 0.6) is 0 Å². The minimum Gasteiger partial charge on any atom is -0.452 e. The summed E-state index contributed by atoms with van der Waals surface area (Å²) in [7, 11) is 0. The molecule has 1 aromatic carbocycles. The van der Waals surface area contributed by atoms with E-state index in [1.807, 2.05) is 36.4 Å². The Morgan fingerprint density at radius 3 is 2.53 bits per heavy atom. The number of hydrogen-bond donors (Lipinski definition) is 0. The van der Waals surface area contributed by atoms with E-state index in [2.05, 4.69) is 10.1 Å². The maximum absolute atomic E-state index is 12.8. The lowest BCUT2D eigenvalue weighted by molar-refractivity contribution is -0.135. The van der Waals surface area contributed by atoms with Crippen LogP contribution in [0.15, 0.2) is 61.1 Å². The average molecular weight is 404 g/mol. The predicted molar refractivity (Wildman–Crippen MR) is 112 cm³/mol. The van der Waals surface area contributed by atoms with E-state index in [9.17, 15) is 9.59 Å². The topological polar surface area (TPSA) is 77.3 Å². The van der Waals surface area contributed by atoms with Gasteiger partial charge in [-0.3, -0.25) is 14.5 Å². The molecule has 4 rings (SSSR count). The molecule has 0 aliphatic carbocycles. The number of amides is 1. The molecule has 3 heterocycles. The minimum atomic E-state index is -0.557. The zero-order valence-electron chi connectivity index (χ0n) is 16.7. The van der Waals surface area contributed by atoms with Gasteiger partial charge in [-0.15, -0.1) is 0 Å². The molecule has 7 heteroatoms. The third kappa shape index (κ3) is 4.74. The van der Waals surface area contributed by atoms with Crippen molar-refractivity contribution in [3.05, 3.63) is 72.2 Å². The maximum Gasteiger partial charge on any atom is 0.342 e. The van der Waals surface area contributed by atoms with Gasteiger partial charge >= 0.3 is 5.97 Å². The van der Waals surface area contributed by atoms with Gasteiger partial charge in [-0.25, -0.2) is 4.79 Å². The molecular formula is C23H24N4O3. The summed E-state index contributed by atoms with van der Waals surface area (Å²) in [5.74, 6) is -0.707. The predicted octanol–water partition coefficient (Wildman–Crippen LogP) is 3.16. The van der Waals surface area contributed by atoms with Gasteiger partial charge in [0.25, 0.3) is 5.91 Å². The Balaban J connectivity index is 1.52. The summed E-state index contributed by atoms with van der Waals surface area (Å²) in [4.78, 5) is 31.1. The van der Waals surface area contributed by atoms with Gasteiger partial charge in [0.1, 0.15) is 11.3 Å². The molecule has 1 amide bonds.